The van der Waals surface area contributed by atoms with Crippen LogP contribution in [0.1, 0.15) is 23.4 Å². The number of nitrogens with zero attached hydrogens (tertiary/aromatic N) is 3. The lowest BCUT2D eigenvalue weighted by Crippen LogP contribution is -2.52. The van der Waals surface area contributed by atoms with E-state index in [1.165, 1.54) is 11.3 Å². The maximum Gasteiger partial charge on any atom is 0.317 e. The smallest absolute Gasteiger partial charge is 0.317 e. The van der Waals surface area contributed by atoms with Crippen LogP contribution in [-0.4, -0.2) is 61.7 Å². The lowest BCUT2D eigenvalue weighted by Gasteiger charge is -2.34. The van der Waals surface area contributed by atoms with E-state index in [-0.39, 0.29) is 6.03 Å². The topological polar surface area (TPSA) is 60.5 Å². The minimum absolute atomic E-state index is 0.0853. The zero-order valence-electron chi connectivity index (χ0n) is 14.1. The van der Waals surface area contributed by atoms with Crippen molar-refractivity contribution in [3.05, 3.63) is 10.6 Å². The third-order valence-corrected chi connectivity index (χ3v) is 5.98. The fraction of sp³-hybridized carbons (Fsp3) is 0.750. The molecule has 0 bridgehead atoms. The number of amides is 2. The number of carbonyl (C=O) groups is 1. The van der Waals surface area contributed by atoms with Gasteiger partial charge in [0, 0.05) is 37.6 Å². The van der Waals surface area contributed by atoms with Gasteiger partial charge in [-0.3, -0.25) is 0 Å². The van der Waals surface area contributed by atoms with E-state index in [9.17, 15) is 4.79 Å². The SMILES string of the molecule is Cc1nc(N2CCN(C(=O)NCCC3CCNC3)CC2)sc1C. The van der Waals surface area contributed by atoms with Crippen molar-refractivity contribution in [2.24, 2.45) is 5.92 Å². The number of piperazine rings is 1. The summed E-state index contributed by atoms with van der Waals surface area (Å²) in [6.45, 7) is 10.5. The first-order chi connectivity index (χ1) is 11.1. The van der Waals surface area contributed by atoms with Crippen LogP contribution in [0.4, 0.5) is 9.93 Å². The first-order valence-electron chi connectivity index (χ1n) is 8.56. The number of urea groups is 1. The number of hydrogen-bond acceptors (Lipinski definition) is 5. The first-order valence-corrected chi connectivity index (χ1v) is 9.37. The maximum absolute atomic E-state index is 12.2. The van der Waals surface area contributed by atoms with Crippen molar-refractivity contribution >= 4 is 22.5 Å². The number of anilines is 1. The molecule has 1 unspecified atom stereocenters. The number of aromatic nitrogens is 1. The van der Waals surface area contributed by atoms with Crippen LogP contribution in [0.5, 0.6) is 0 Å². The Morgan fingerprint density at radius 2 is 2.13 bits per heavy atom. The lowest BCUT2D eigenvalue weighted by atomic mass is 10.1. The van der Waals surface area contributed by atoms with E-state index in [1.54, 1.807) is 11.3 Å². The predicted octanol–water partition coefficient (Wildman–Crippen LogP) is 1.59. The highest BCUT2D eigenvalue weighted by Gasteiger charge is 2.23. The van der Waals surface area contributed by atoms with Gasteiger partial charge in [-0.2, -0.15) is 0 Å². The summed E-state index contributed by atoms with van der Waals surface area (Å²) in [5.41, 5.74) is 1.12. The maximum atomic E-state index is 12.2. The predicted molar refractivity (Wildman–Crippen MR) is 94.4 cm³/mol. The van der Waals surface area contributed by atoms with Gasteiger partial charge in [-0.1, -0.05) is 0 Å². The summed E-state index contributed by atoms with van der Waals surface area (Å²) in [6, 6.07) is 0.0853. The third kappa shape index (κ3) is 4.14. The van der Waals surface area contributed by atoms with Crippen LogP contribution in [0.2, 0.25) is 0 Å². The van der Waals surface area contributed by atoms with Gasteiger partial charge in [-0.15, -0.1) is 11.3 Å². The normalized spacial score (nSPS) is 21.7. The minimum Gasteiger partial charge on any atom is -0.345 e. The minimum atomic E-state index is 0.0853. The Balaban J connectivity index is 1.40. The van der Waals surface area contributed by atoms with E-state index in [2.05, 4.69) is 34.4 Å². The van der Waals surface area contributed by atoms with Crippen molar-refractivity contribution < 1.29 is 4.79 Å². The highest BCUT2D eigenvalue weighted by Crippen LogP contribution is 2.25. The van der Waals surface area contributed by atoms with Crippen molar-refractivity contribution in [1.82, 2.24) is 20.5 Å². The lowest BCUT2D eigenvalue weighted by molar-refractivity contribution is 0.193. The van der Waals surface area contributed by atoms with Crippen LogP contribution in [0, 0.1) is 19.8 Å². The summed E-state index contributed by atoms with van der Waals surface area (Å²) in [7, 11) is 0. The van der Waals surface area contributed by atoms with Crippen molar-refractivity contribution in [3.63, 3.8) is 0 Å². The summed E-state index contributed by atoms with van der Waals surface area (Å²) in [5.74, 6) is 0.725. The molecule has 7 heteroatoms. The monoisotopic (exact) mass is 337 g/mol. The van der Waals surface area contributed by atoms with Crippen molar-refractivity contribution in [2.75, 3.05) is 50.7 Å². The molecule has 0 saturated carbocycles. The highest BCUT2D eigenvalue weighted by atomic mass is 32.1. The molecule has 6 nitrogen and oxygen atoms in total. The van der Waals surface area contributed by atoms with E-state index in [4.69, 9.17) is 0 Å². The number of nitrogens with one attached hydrogen (secondary N) is 2. The second-order valence-electron chi connectivity index (χ2n) is 6.49. The second-order valence-corrected chi connectivity index (χ2v) is 7.67. The van der Waals surface area contributed by atoms with Crippen LogP contribution >= 0.6 is 11.3 Å². The fourth-order valence-electron chi connectivity index (χ4n) is 3.15. The van der Waals surface area contributed by atoms with Crippen LogP contribution in [0.25, 0.3) is 0 Å². The Labute approximate surface area is 142 Å². The zero-order chi connectivity index (χ0) is 16.2. The van der Waals surface area contributed by atoms with Gasteiger partial charge in [-0.05, 0) is 45.7 Å². The third-order valence-electron chi connectivity index (χ3n) is 4.85. The molecule has 0 aliphatic carbocycles. The molecule has 23 heavy (non-hydrogen) atoms. The summed E-state index contributed by atoms with van der Waals surface area (Å²) >= 11 is 1.75. The van der Waals surface area contributed by atoms with Crippen molar-refractivity contribution in [2.45, 2.75) is 26.7 Å². The Morgan fingerprint density at radius 3 is 2.74 bits per heavy atom. The molecule has 0 aromatic carbocycles. The van der Waals surface area contributed by atoms with E-state index in [0.29, 0.717) is 0 Å². The van der Waals surface area contributed by atoms with E-state index in [0.717, 1.165) is 69.0 Å². The van der Waals surface area contributed by atoms with Gasteiger partial charge in [0.05, 0.1) is 5.69 Å². The van der Waals surface area contributed by atoms with Gasteiger partial charge >= 0.3 is 6.03 Å². The molecule has 1 aromatic heterocycles. The molecular formula is C16H27N5OS. The summed E-state index contributed by atoms with van der Waals surface area (Å²) in [6.07, 6.45) is 2.32. The van der Waals surface area contributed by atoms with Crippen LogP contribution in [0.15, 0.2) is 0 Å². The Bertz CT molecular complexity index is 513. The number of thiazole rings is 1. The summed E-state index contributed by atoms with van der Waals surface area (Å²) in [4.78, 5) is 22.4. The molecule has 2 fully saturated rings. The van der Waals surface area contributed by atoms with Gasteiger partial charge in [0.15, 0.2) is 5.13 Å². The number of carbonyl (C=O) groups excluding carboxylic acids is 1. The van der Waals surface area contributed by atoms with Gasteiger partial charge in [0.1, 0.15) is 0 Å². The molecular weight excluding hydrogens is 310 g/mol. The van der Waals surface area contributed by atoms with Gasteiger partial charge in [0.25, 0.3) is 0 Å². The molecule has 2 aliphatic heterocycles. The number of rotatable bonds is 4. The van der Waals surface area contributed by atoms with Crippen LogP contribution in [0.3, 0.4) is 0 Å². The van der Waals surface area contributed by atoms with Gasteiger partial charge < -0.3 is 20.4 Å². The average Bonchev–Trinajstić information content (AvgIpc) is 3.18. The Hall–Kier alpha value is -1.34. The zero-order valence-corrected chi connectivity index (χ0v) is 14.9. The number of aryl methyl sites for hydroxylation is 2. The molecule has 2 amide bonds. The molecule has 3 heterocycles. The average molecular weight is 337 g/mol. The molecule has 3 rings (SSSR count). The van der Waals surface area contributed by atoms with Crippen LogP contribution < -0.4 is 15.5 Å². The molecule has 2 aliphatic rings. The standard InChI is InChI=1S/C16H27N5OS/c1-12-13(2)23-16(19-12)21-9-7-20(8-10-21)15(22)18-6-4-14-3-5-17-11-14/h14,17H,3-11H2,1-2H3,(H,18,22). The Morgan fingerprint density at radius 1 is 1.35 bits per heavy atom. The molecule has 2 N–H and O–H groups in total. The van der Waals surface area contributed by atoms with Crippen LogP contribution in [-0.2, 0) is 0 Å². The first kappa shape index (κ1) is 16.5. The van der Waals surface area contributed by atoms with Crippen molar-refractivity contribution in [3.8, 4) is 0 Å². The van der Waals surface area contributed by atoms with E-state index < -0.39 is 0 Å². The quantitative estimate of drug-likeness (QED) is 0.876. The Kier molecular flexibility index (Phi) is 5.38. The fourth-order valence-corrected chi connectivity index (χ4v) is 4.11. The highest BCUT2D eigenvalue weighted by molar-refractivity contribution is 7.15. The largest absolute Gasteiger partial charge is 0.345 e. The van der Waals surface area contributed by atoms with Crippen molar-refractivity contribution in [1.29, 1.82) is 0 Å². The van der Waals surface area contributed by atoms with E-state index in [1.807, 2.05) is 4.90 Å². The van der Waals surface area contributed by atoms with E-state index >= 15 is 0 Å². The molecule has 0 radical (unpaired) electrons. The molecule has 1 aromatic rings. The molecule has 0 spiro atoms. The molecule has 2 saturated heterocycles. The molecule has 1 atom stereocenters. The number of hydrogen-bond donors (Lipinski definition) is 2. The summed E-state index contributed by atoms with van der Waals surface area (Å²) < 4.78 is 0. The summed E-state index contributed by atoms with van der Waals surface area (Å²) in [5, 5.41) is 7.53. The molecule has 128 valence electrons. The van der Waals surface area contributed by atoms with Gasteiger partial charge in [-0.25, -0.2) is 9.78 Å². The second kappa shape index (κ2) is 7.49. The van der Waals surface area contributed by atoms with Gasteiger partial charge in [0.2, 0.25) is 0 Å².